The summed E-state index contributed by atoms with van der Waals surface area (Å²) in [4.78, 5) is 16.0. The molecule has 0 unspecified atom stereocenters. The Morgan fingerprint density at radius 3 is 2.79 bits per heavy atom. The number of aromatic nitrogens is 1. The van der Waals surface area contributed by atoms with E-state index in [0.717, 1.165) is 23.8 Å². The minimum atomic E-state index is -0.252. The molecule has 0 radical (unpaired) electrons. The number of nitrogens with zero attached hydrogens (tertiary/aromatic N) is 1. The van der Waals surface area contributed by atoms with Crippen molar-refractivity contribution in [3.05, 3.63) is 10.6 Å². The van der Waals surface area contributed by atoms with Crippen LogP contribution >= 0.6 is 11.3 Å². The zero-order chi connectivity index (χ0) is 10.6. The monoisotopic (exact) mass is 213 g/mol. The highest BCUT2D eigenvalue weighted by atomic mass is 32.1. The molecule has 0 atom stereocenters. The summed E-state index contributed by atoms with van der Waals surface area (Å²) in [5, 5.41) is 4.08. The molecule has 0 aliphatic carbocycles. The van der Waals surface area contributed by atoms with Gasteiger partial charge in [0.15, 0.2) is 5.13 Å². The van der Waals surface area contributed by atoms with Crippen molar-refractivity contribution in [2.45, 2.75) is 26.7 Å². The van der Waals surface area contributed by atoms with E-state index < -0.39 is 0 Å². The Morgan fingerprint density at radius 2 is 2.29 bits per heavy atom. The number of hydrogen-bond acceptors (Lipinski definition) is 4. The normalized spacial score (nSPS) is 10.1. The maximum absolute atomic E-state index is 10.5. The van der Waals surface area contributed by atoms with Gasteiger partial charge < -0.3 is 11.1 Å². The number of thiazole rings is 1. The maximum atomic E-state index is 10.5. The topological polar surface area (TPSA) is 68.0 Å². The van der Waals surface area contributed by atoms with Crippen molar-refractivity contribution < 1.29 is 4.79 Å². The van der Waals surface area contributed by atoms with Crippen LogP contribution in [0.25, 0.3) is 0 Å². The summed E-state index contributed by atoms with van der Waals surface area (Å²) in [6, 6.07) is 0. The van der Waals surface area contributed by atoms with Crippen molar-refractivity contribution in [2.75, 3.05) is 11.9 Å². The van der Waals surface area contributed by atoms with E-state index in [9.17, 15) is 4.79 Å². The molecular formula is C9H15N3OS. The minimum Gasteiger partial charge on any atom is -0.370 e. The fraction of sp³-hybridized carbons (Fsp3) is 0.556. The molecule has 5 heteroatoms. The van der Waals surface area contributed by atoms with Crippen LogP contribution in [0.5, 0.6) is 0 Å². The lowest BCUT2D eigenvalue weighted by Crippen LogP contribution is -2.12. The molecule has 0 aliphatic rings. The van der Waals surface area contributed by atoms with Crippen molar-refractivity contribution >= 4 is 22.4 Å². The highest BCUT2D eigenvalue weighted by molar-refractivity contribution is 7.15. The summed E-state index contributed by atoms with van der Waals surface area (Å²) in [6.07, 6.45) is 1.18. The lowest BCUT2D eigenvalue weighted by atomic mass is 10.3. The predicted molar refractivity (Wildman–Crippen MR) is 58.5 cm³/mol. The molecule has 1 aromatic heterocycles. The number of anilines is 1. The van der Waals surface area contributed by atoms with Gasteiger partial charge in [-0.2, -0.15) is 0 Å². The summed E-state index contributed by atoms with van der Waals surface area (Å²) in [5.41, 5.74) is 6.08. The number of carbonyl (C=O) groups excluding carboxylic acids is 1. The van der Waals surface area contributed by atoms with Crippen LogP contribution in [-0.4, -0.2) is 17.4 Å². The second kappa shape index (κ2) is 4.95. The van der Waals surface area contributed by atoms with E-state index >= 15 is 0 Å². The third kappa shape index (κ3) is 3.33. The first-order valence-electron chi connectivity index (χ1n) is 4.56. The summed E-state index contributed by atoms with van der Waals surface area (Å²) in [7, 11) is 0. The Morgan fingerprint density at radius 1 is 1.57 bits per heavy atom. The summed E-state index contributed by atoms with van der Waals surface area (Å²) >= 11 is 1.63. The Labute approximate surface area is 87.5 Å². The minimum absolute atomic E-state index is 0.252. The number of nitrogens with one attached hydrogen (secondary N) is 1. The van der Waals surface area contributed by atoms with Gasteiger partial charge in [-0.05, 0) is 20.3 Å². The highest BCUT2D eigenvalue weighted by Crippen LogP contribution is 2.20. The standard InChI is InChI=1S/C9H15N3OS/c1-6-7(2)14-9(12-6)11-5-3-4-8(10)13/h3-5H2,1-2H3,(H2,10,13)(H,11,12). The zero-order valence-corrected chi connectivity index (χ0v) is 9.28. The van der Waals surface area contributed by atoms with Gasteiger partial charge in [-0.3, -0.25) is 4.79 Å². The van der Waals surface area contributed by atoms with E-state index in [0.29, 0.717) is 6.42 Å². The molecule has 0 aromatic carbocycles. The van der Waals surface area contributed by atoms with E-state index in [4.69, 9.17) is 5.73 Å². The van der Waals surface area contributed by atoms with Gasteiger partial charge in [0, 0.05) is 17.8 Å². The van der Waals surface area contributed by atoms with Crippen molar-refractivity contribution in [2.24, 2.45) is 5.73 Å². The number of rotatable bonds is 5. The third-order valence-corrected chi connectivity index (χ3v) is 2.94. The summed E-state index contributed by atoms with van der Waals surface area (Å²) in [5.74, 6) is -0.252. The molecule has 0 fully saturated rings. The molecule has 78 valence electrons. The first kappa shape index (κ1) is 11.0. The molecule has 0 bridgehead atoms. The average molecular weight is 213 g/mol. The van der Waals surface area contributed by atoms with Gasteiger partial charge >= 0.3 is 0 Å². The van der Waals surface area contributed by atoms with Gasteiger partial charge in [0.1, 0.15) is 0 Å². The number of nitrogens with two attached hydrogens (primary N) is 1. The Balaban J connectivity index is 2.28. The number of hydrogen-bond donors (Lipinski definition) is 2. The fourth-order valence-corrected chi connectivity index (χ4v) is 1.85. The number of carbonyl (C=O) groups is 1. The number of aryl methyl sites for hydroxylation is 2. The lowest BCUT2D eigenvalue weighted by molar-refractivity contribution is -0.118. The largest absolute Gasteiger partial charge is 0.370 e. The van der Waals surface area contributed by atoms with E-state index in [-0.39, 0.29) is 5.91 Å². The van der Waals surface area contributed by atoms with Gasteiger partial charge in [0.25, 0.3) is 0 Å². The summed E-state index contributed by atoms with van der Waals surface area (Å²) < 4.78 is 0. The molecule has 0 saturated carbocycles. The van der Waals surface area contributed by atoms with E-state index in [1.54, 1.807) is 11.3 Å². The van der Waals surface area contributed by atoms with Crippen molar-refractivity contribution in [3.8, 4) is 0 Å². The molecular weight excluding hydrogens is 198 g/mol. The van der Waals surface area contributed by atoms with Crippen LogP contribution in [0.1, 0.15) is 23.4 Å². The van der Waals surface area contributed by atoms with Crippen molar-refractivity contribution in [3.63, 3.8) is 0 Å². The molecule has 1 aromatic rings. The fourth-order valence-electron chi connectivity index (χ4n) is 1.01. The zero-order valence-electron chi connectivity index (χ0n) is 8.46. The van der Waals surface area contributed by atoms with Gasteiger partial charge in [0.05, 0.1) is 5.69 Å². The van der Waals surface area contributed by atoms with E-state index in [1.165, 1.54) is 4.88 Å². The smallest absolute Gasteiger partial charge is 0.217 e. The van der Waals surface area contributed by atoms with Crippen LogP contribution < -0.4 is 11.1 Å². The van der Waals surface area contributed by atoms with Crippen LogP contribution in [0.4, 0.5) is 5.13 Å². The van der Waals surface area contributed by atoms with Crippen LogP contribution in [0.3, 0.4) is 0 Å². The molecule has 3 N–H and O–H groups in total. The Kier molecular flexibility index (Phi) is 3.88. The molecule has 1 rings (SSSR count). The third-order valence-electron chi connectivity index (χ3n) is 1.90. The van der Waals surface area contributed by atoms with Gasteiger partial charge in [-0.15, -0.1) is 11.3 Å². The Bertz CT molecular complexity index is 302. The average Bonchev–Trinajstić information content (AvgIpc) is 2.40. The number of amides is 1. The first-order valence-corrected chi connectivity index (χ1v) is 5.37. The molecule has 1 amide bonds. The molecule has 0 saturated heterocycles. The first-order chi connectivity index (χ1) is 6.59. The second-order valence-corrected chi connectivity index (χ2v) is 4.36. The van der Waals surface area contributed by atoms with Crippen LogP contribution in [0.15, 0.2) is 0 Å². The lowest BCUT2D eigenvalue weighted by Gasteiger charge is -1.99. The molecule has 0 aliphatic heterocycles. The van der Waals surface area contributed by atoms with Gasteiger partial charge in [0.2, 0.25) is 5.91 Å². The van der Waals surface area contributed by atoms with Crippen molar-refractivity contribution in [1.29, 1.82) is 0 Å². The molecule has 1 heterocycles. The van der Waals surface area contributed by atoms with E-state index in [1.807, 2.05) is 13.8 Å². The SMILES string of the molecule is Cc1nc(NCCCC(N)=O)sc1C. The van der Waals surface area contributed by atoms with Gasteiger partial charge in [-0.1, -0.05) is 0 Å². The van der Waals surface area contributed by atoms with Crippen LogP contribution in [0, 0.1) is 13.8 Å². The highest BCUT2D eigenvalue weighted by Gasteiger charge is 2.02. The molecule has 4 nitrogen and oxygen atoms in total. The van der Waals surface area contributed by atoms with Crippen molar-refractivity contribution in [1.82, 2.24) is 4.98 Å². The van der Waals surface area contributed by atoms with Crippen LogP contribution in [-0.2, 0) is 4.79 Å². The molecule has 0 spiro atoms. The quantitative estimate of drug-likeness (QED) is 0.727. The second-order valence-electron chi connectivity index (χ2n) is 3.16. The van der Waals surface area contributed by atoms with Crippen LogP contribution in [0.2, 0.25) is 0 Å². The van der Waals surface area contributed by atoms with E-state index in [2.05, 4.69) is 10.3 Å². The summed E-state index contributed by atoms with van der Waals surface area (Å²) in [6.45, 7) is 4.78. The molecule has 14 heavy (non-hydrogen) atoms. The van der Waals surface area contributed by atoms with Gasteiger partial charge in [-0.25, -0.2) is 4.98 Å². The number of primary amides is 1. The maximum Gasteiger partial charge on any atom is 0.217 e. The predicted octanol–water partition coefficient (Wildman–Crippen LogP) is 1.44. The Hall–Kier alpha value is -1.10.